The lowest BCUT2D eigenvalue weighted by Crippen LogP contribution is -2.06. The van der Waals surface area contributed by atoms with E-state index in [4.69, 9.17) is 5.73 Å². The van der Waals surface area contributed by atoms with E-state index in [1.165, 1.54) is 4.88 Å². The summed E-state index contributed by atoms with van der Waals surface area (Å²) in [5.41, 5.74) is 7.32. The number of pyridine rings is 1. The number of nitrogens with one attached hydrogen (secondary N) is 1. The van der Waals surface area contributed by atoms with Gasteiger partial charge in [-0.2, -0.15) is 0 Å². The van der Waals surface area contributed by atoms with Gasteiger partial charge in [-0.1, -0.05) is 6.07 Å². The van der Waals surface area contributed by atoms with Crippen molar-refractivity contribution in [3.05, 3.63) is 40.2 Å². The van der Waals surface area contributed by atoms with Crippen molar-refractivity contribution in [2.24, 2.45) is 0 Å². The molecule has 2 heterocycles. The smallest absolute Gasteiger partial charge is 0.126 e. The lowest BCUT2D eigenvalue weighted by atomic mass is 10.3. The minimum absolute atomic E-state index is 0.740. The summed E-state index contributed by atoms with van der Waals surface area (Å²) in [4.78, 5) is 5.75. The first-order chi connectivity index (χ1) is 7.75. The Kier molecular flexibility index (Phi) is 3.41. The highest BCUT2D eigenvalue weighted by Gasteiger charge is 1.98. The summed E-state index contributed by atoms with van der Waals surface area (Å²) < 4.78 is 0. The summed E-state index contributed by atoms with van der Waals surface area (Å²) in [6, 6.07) is 8.02. The van der Waals surface area contributed by atoms with Gasteiger partial charge in [0.25, 0.3) is 0 Å². The Hall–Kier alpha value is -1.55. The van der Waals surface area contributed by atoms with Gasteiger partial charge in [0.2, 0.25) is 0 Å². The number of anilines is 2. The first-order valence-electron chi connectivity index (χ1n) is 5.25. The molecule has 2 aromatic heterocycles. The largest absolute Gasteiger partial charge is 0.397 e. The van der Waals surface area contributed by atoms with Crippen molar-refractivity contribution in [2.45, 2.75) is 13.3 Å². The Bertz CT molecular complexity index is 451. The molecule has 0 aliphatic rings. The van der Waals surface area contributed by atoms with E-state index in [1.807, 2.05) is 19.1 Å². The molecule has 0 aliphatic carbocycles. The maximum absolute atomic E-state index is 5.71. The molecule has 0 saturated heterocycles. The molecule has 2 rings (SSSR count). The summed E-state index contributed by atoms with van der Waals surface area (Å²) in [5.74, 6) is 0.892. The van der Waals surface area contributed by atoms with Gasteiger partial charge < -0.3 is 11.1 Å². The molecule has 3 N–H and O–H groups in total. The summed E-state index contributed by atoms with van der Waals surface area (Å²) in [7, 11) is 0. The number of nitrogens with two attached hydrogens (primary N) is 1. The van der Waals surface area contributed by atoms with Crippen LogP contribution in [-0.2, 0) is 6.42 Å². The zero-order chi connectivity index (χ0) is 11.4. The predicted molar refractivity (Wildman–Crippen MR) is 69.9 cm³/mol. The van der Waals surface area contributed by atoms with Crippen LogP contribution < -0.4 is 11.1 Å². The number of aromatic nitrogens is 1. The van der Waals surface area contributed by atoms with Crippen LogP contribution in [0.1, 0.15) is 10.6 Å². The molecule has 0 spiro atoms. The monoisotopic (exact) mass is 233 g/mol. The standard InChI is InChI=1S/C12H15N3S/c1-9-11(13)4-5-12(15-9)14-7-6-10-3-2-8-16-10/h2-5,8H,6-7,13H2,1H3,(H,14,15). The fraction of sp³-hybridized carbons (Fsp3) is 0.250. The lowest BCUT2D eigenvalue weighted by Gasteiger charge is -2.06. The van der Waals surface area contributed by atoms with Crippen LogP contribution in [0.5, 0.6) is 0 Å². The van der Waals surface area contributed by atoms with E-state index >= 15 is 0 Å². The summed E-state index contributed by atoms with van der Waals surface area (Å²) >= 11 is 1.78. The number of rotatable bonds is 4. The van der Waals surface area contributed by atoms with Crippen molar-refractivity contribution in [1.29, 1.82) is 0 Å². The normalized spacial score (nSPS) is 10.3. The first-order valence-corrected chi connectivity index (χ1v) is 6.13. The first kappa shape index (κ1) is 11.0. The molecule has 0 amide bonds. The third-order valence-electron chi connectivity index (χ3n) is 2.38. The van der Waals surface area contributed by atoms with Crippen LogP contribution in [0.4, 0.5) is 11.5 Å². The number of aryl methyl sites for hydroxylation is 1. The van der Waals surface area contributed by atoms with Crippen molar-refractivity contribution >= 4 is 22.8 Å². The van der Waals surface area contributed by atoms with Crippen molar-refractivity contribution < 1.29 is 0 Å². The Morgan fingerprint density at radius 2 is 2.25 bits per heavy atom. The van der Waals surface area contributed by atoms with Gasteiger partial charge in [0, 0.05) is 11.4 Å². The zero-order valence-electron chi connectivity index (χ0n) is 9.23. The molecule has 0 bridgehead atoms. The zero-order valence-corrected chi connectivity index (χ0v) is 10.1. The van der Waals surface area contributed by atoms with Gasteiger partial charge in [-0.25, -0.2) is 4.98 Å². The van der Waals surface area contributed by atoms with E-state index in [9.17, 15) is 0 Å². The SMILES string of the molecule is Cc1nc(NCCc2cccs2)ccc1N. The second-order valence-electron chi connectivity index (χ2n) is 3.63. The molecular formula is C12H15N3S. The minimum Gasteiger partial charge on any atom is -0.397 e. The predicted octanol–water partition coefficient (Wildman–Crippen LogP) is 2.69. The lowest BCUT2D eigenvalue weighted by molar-refractivity contribution is 1.02. The van der Waals surface area contributed by atoms with Crippen molar-refractivity contribution in [2.75, 3.05) is 17.6 Å². The molecule has 16 heavy (non-hydrogen) atoms. The third-order valence-corrected chi connectivity index (χ3v) is 3.32. The average molecular weight is 233 g/mol. The number of nitrogen functional groups attached to an aromatic ring is 1. The van der Waals surface area contributed by atoms with Gasteiger partial charge >= 0.3 is 0 Å². The van der Waals surface area contributed by atoms with Crippen LogP contribution in [0, 0.1) is 6.92 Å². The minimum atomic E-state index is 0.740. The molecule has 0 atom stereocenters. The van der Waals surface area contributed by atoms with Gasteiger partial charge in [-0.3, -0.25) is 0 Å². The molecule has 0 fully saturated rings. The molecule has 0 unspecified atom stereocenters. The molecular weight excluding hydrogens is 218 g/mol. The highest BCUT2D eigenvalue weighted by Crippen LogP contribution is 2.13. The quantitative estimate of drug-likeness (QED) is 0.853. The molecule has 4 heteroatoms. The molecule has 0 aromatic carbocycles. The van der Waals surface area contributed by atoms with Crippen molar-refractivity contribution in [3.63, 3.8) is 0 Å². The number of nitrogens with zero attached hydrogens (tertiary/aromatic N) is 1. The Labute approximate surface area is 99.3 Å². The summed E-state index contributed by atoms with van der Waals surface area (Å²) in [6.07, 6.45) is 1.03. The number of hydrogen-bond acceptors (Lipinski definition) is 4. The number of hydrogen-bond donors (Lipinski definition) is 2. The second kappa shape index (κ2) is 4.99. The Morgan fingerprint density at radius 1 is 1.38 bits per heavy atom. The van der Waals surface area contributed by atoms with Gasteiger partial charge in [-0.05, 0) is 36.9 Å². The number of thiophene rings is 1. The van der Waals surface area contributed by atoms with Crippen LogP contribution in [0.2, 0.25) is 0 Å². The average Bonchev–Trinajstić information content (AvgIpc) is 2.76. The highest BCUT2D eigenvalue weighted by atomic mass is 32.1. The maximum atomic E-state index is 5.71. The van der Waals surface area contributed by atoms with Crippen molar-refractivity contribution in [3.8, 4) is 0 Å². The maximum Gasteiger partial charge on any atom is 0.126 e. The van der Waals surface area contributed by atoms with Crippen LogP contribution in [0.15, 0.2) is 29.6 Å². The van der Waals surface area contributed by atoms with Crippen LogP contribution in [0.25, 0.3) is 0 Å². The van der Waals surface area contributed by atoms with Gasteiger partial charge in [0.1, 0.15) is 5.82 Å². The molecule has 0 saturated carbocycles. The van der Waals surface area contributed by atoms with Gasteiger partial charge in [0.15, 0.2) is 0 Å². The summed E-state index contributed by atoms with van der Waals surface area (Å²) in [5, 5.41) is 5.39. The van der Waals surface area contributed by atoms with Crippen molar-refractivity contribution in [1.82, 2.24) is 4.98 Å². The summed E-state index contributed by atoms with van der Waals surface area (Å²) in [6.45, 7) is 2.82. The van der Waals surface area contributed by atoms with E-state index in [1.54, 1.807) is 11.3 Å². The fourth-order valence-corrected chi connectivity index (χ4v) is 2.15. The van der Waals surface area contributed by atoms with E-state index in [0.29, 0.717) is 0 Å². The Balaban J connectivity index is 1.87. The van der Waals surface area contributed by atoms with E-state index in [0.717, 1.165) is 30.2 Å². The van der Waals surface area contributed by atoms with Gasteiger partial charge in [0.05, 0.1) is 11.4 Å². The third kappa shape index (κ3) is 2.73. The molecule has 2 aromatic rings. The highest BCUT2D eigenvalue weighted by molar-refractivity contribution is 7.09. The van der Waals surface area contributed by atoms with Crippen LogP contribution in [-0.4, -0.2) is 11.5 Å². The molecule has 0 radical (unpaired) electrons. The Morgan fingerprint density at radius 3 is 2.94 bits per heavy atom. The van der Waals surface area contributed by atoms with Gasteiger partial charge in [-0.15, -0.1) is 11.3 Å². The topological polar surface area (TPSA) is 50.9 Å². The van der Waals surface area contributed by atoms with E-state index in [2.05, 4.69) is 27.8 Å². The van der Waals surface area contributed by atoms with Crippen LogP contribution in [0.3, 0.4) is 0 Å². The fourth-order valence-electron chi connectivity index (χ4n) is 1.44. The second-order valence-corrected chi connectivity index (χ2v) is 4.66. The van der Waals surface area contributed by atoms with Crippen LogP contribution >= 0.6 is 11.3 Å². The molecule has 84 valence electrons. The van der Waals surface area contributed by atoms with E-state index < -0.39 is 0 Å². The molecule has 3 nitrogen and oxygen atoms in total. The van der Waals surface area contributed by atoms with E-state index in [-0.39, 0.29) is 0 Å². The molecule has 0 aliphatic heterocycles.